The normalized spacial score (nSPS) is 29.3. The van der Waals surface area contributed by atoms with Gasteiger partial charge in [0.1, 0.15) is 18.3 Å². The molecule has 3 saturated heterocycles. The summed E-state index contributed by atoms with van der Waals surface area (Å²) in [5.41, 5.74) is 6.76. The van der Waals surface area contributed by atoms with Crippen LogP contribution in [0.5, 0.6) is 0 Å². The van der Waals surface area contributed by atoms with Gasteiger partial charge in [0.25, 0.3) is 5.91 Å². The van der Waals surface area contributed by atoms with Gasteiger partial charge in [-0.15, -0.1) is 0 Å². The maximum atomic E-state index is 11.9. The Balaban J connectivity index is 0.000000203. The predicted octanol–water partition coefficient (Wildman–Crippen LogP) is 0.681. The van der Waals surface area contributed by atoms with Crippen LogP contribution in [0, 0.1) is 6.92 Å². The summed E-state index contributed by atoms with van der Waals surface area (Å²) in [7, 11) is 3.75. The van der Waals surface area contributed by atoms with Crippen LogP contribution in [-0.4, -0.2) is 66.8 Å². The lowest BCUT2D eigenvalue weighted by molar-refractivity contribution is -0.167. The Morgan fingerprint density at radius 1 is 1.23 bits per heavy atom. The van der Waals surface area contributed by atoms with Gasteiger partial charge in [0.2, 0.25) is 5.91 Å². The van der Waals surface area contributed by atoms with Crippen LogP contribution in [0.3, 0.4) is 0 Å². The van der Waals surface area contributed by atoms with Gasteiger partial charge < -0.3 is 25.6 Å². The molecule has 1 aromatic carbocycles. The average Bonchev–Trinajstić information content (AvgIpc) is 3.13. The molecule has 3 heterocycles. The number of carbonyl (C=O) groups is 2. The Morgan fingerprint density at radius 3 is 2.38 bits per heavy atom. The van der Waals surface area contributed by atoms with Gasteiger partial charge in [-0.3, -0.25) is 9.59 Å². The lowest BCUT2D eigenvalue weighted by atomic mass is 10.0. The number of piperazine rings is 1. The summed E-state index contributed by atoms with van der Waals surface area (Å²) in [4.78, 5) is 26.8. The molecular formula is C19H30N4O3. The molecule has 2 amide bonds. The van der Waals surface area contributed by atoms with Crippen molar-refractivity contribution >= 4 is 11.8 Å². The number of rotatable bonds is 0. The lowest BCUT2D eigenvalue weighted by Gasteiger charge is -2.46. The molecule has 0 aromatic heterocycles. The van der Waals surface area contributed by atoms with Crippen molar-refractivity contribution in [2.75, 3.05) is 27.2 Å². The SMILES string of the molecule is CC1OC2N(CC(=O)N3CCCC23N)C1=O.CNC.Cc1ccccc1. The number of carbonyl (C=O) groups excluding carboxylic acids is 2. The first kappa shape index (κ1) is 20.4. The fourth-order valence-electron chi connectivity index (χ4n) is 3.47. The highest BCUT2D eigenvalue weighted by Crippen LogP contribution is 2.38. The molecule has 0 aliphatic carbocycles. The van der Waals surface area contributed by atoms with E-state index in [-0.39, 0.29) is 18.4 Å². The zero-order valence-corrected chi connectivity index (χ0v) is 16.1. The monoisotopic (exact) mass is 362 g/mol. The van der Waals surface area contributed by atoms with Gasteiger partial charge >= 0.3 is 0 Å². The van der Waals surface area contributed by atoms with E-state index in [9.17, 15) is 9.59 Å². The summed E-state index contributed by atoms with van der Waals surface area (Å²) in [6.45, 7) is 4.56. The molecule has 3 atom stereocenters. The van der Waals surface area contributed by atoms with Gasteiger partial charge in [0.05, 0.1) is 0 Å². The molecule has 3 fully saturated rings. The highest BCUT2D eigenvalue weighted by Gasteiger charge is 2.58. The second-order valence-corrected chi connectivity index (χ2v) is 6.89. The molecule has 4 rings (SSSR count). The van der Waals surface area contributed by atoms with Gasteiger partial charge in [-0.05, 0) is 40.8 Å². The van der Waals surface area contributed by atoms with Crippen molar-refractivity contribution in [1.29, 1.82) is 0 Å². The molecule has 26 heavy (non-hydrogen) atoms. The largest absolute Gasteiger partial charge is 0.342 e. The highest BCUT2D eigenvalue weighted by molar-refractivity contribution is 5.90. The van der Waals surface area contributed by atoms with Crippen molar-refractivity contribution < 1.29 is 14.3 Å². The van der Waals surface area contributed by atoms with Gasteiger partial charge in [0, 0.05) is 6.54 Å². The fourth-order valence-corrected chi connectivity index (χ4v) is 3.47. The third-order valence-corrected chi connectivity index (χ3v) is 4.68. The number of hydrogen-bond donors (Lipinski definition) is 2. The summed E-state index contributed by atoms with van der Waals surface area (Å²) in [6.07, 6.45) is 0.618. The third kappa shape index (κ3) is 4.06. The molecule has 1 aromatic rings. The molecule has 7 nitrogen and oxygen atoms in total. The number of nitrogens with zero attached hydrogens (tertiary/aromatic N) is 2. The van der Waals surface area contributed by atoms with Crippen LogP contribution in [0.2, 0.25) is 0 Å². The first-order chi connectivity index (χ1) is 12.3. The van der Waals surface area contributed by atoms with Crippen LogP contribution in [0.1, 0.15) is 25.3 Å². The lowest BCUT2D eigenvalue weighted by Crippen LogP contribution is -2.71. The molecule has 3 aliphatic rings. The van der Waals surface area contributed by atoms with Gasteiger partial charge in [0.15, 0.2) is 6.23 Å². The Bertz CT molecular complexity index is 624. The maximum absolute atomic E-state index is 11.9. The van der Waals surface area contributed by atoms with E-state index < -0.39 is 18.0 Å². The van der Waals surface area contributed by atoms with E-state index in [1.54, 1.807) is 11.8 Å². The maximum Gasteiger partial charge on any atom is 0.254 e. The quantitative estimate of drug-likeness (QED) is 0.709. The Morgan fingerprint density at radius 2 is 1.85 bits per heavy atom. The van der Waals surface area contributed by atoms with Crippen molar-refractivity contribution in [2.45, 2.75) is 44.7 Å². The number of amides is 2. The van der Waals surface area contributed by atoms with Crippen molar-refractivity contribution in [3.8, 4) is 0 Å². The summed E-state index contributed by atoms with van der Waals surface area (Å²) in [5.74, 6) is -0.197. The first-order valence-electron chi connectivity index (χ1n) is 9.00. The zero-order chi connectivity index (χ0) is 19.3. The van der Waals surface area contributed by atoms with Crippen LogP contribution < -0.4 is 11.1 Å². The number of ether oxygens (including phenoxy) is 1. The summed E-state index contributed by atoms with van der Waals surface area (Å²) in [5, 5.41) is 2.75. The Kier molecular flexibility index (Phi) is 6.75. The first-order valence-corrected chi connectivity index (χ1v) is 9.00. The minimum atomic E-state index is -0.810. The minimum absolute atomic E-state index is 0.0673. The number of fused-ring (bicyclic) bond motifs is 3. The summed E-state index contributed by atoms with van der Waals surface area (Å²) < 4.78 is 5.60. The number of hydrogen-bond acceptors (Lipinski definition) is 5. The van der Waals surface area contributed by atoms with E-state index in [0.29, 0.717) is 13.0 Å². The molecule has 144 valence electrons. The summed E-state index contributed by atoms with van der Waals surface area (Å²) in [6, 6.07) is 10.3. The van der Waals surface area contributed by atoms with E-state index in [1.807, 2.05) is 32.3 Å². The molecule has 0 spiro atoms. The van der Waals surface area contributed by atoms with Crippen LogP contribution in [0.4, 0.5) is 0 Å². The standard InChI is InChI=1S/C10H15N3O3.C7H8.C2H7N/c1-6-8(15)12-5-7(14)13-4-2-3-10(13,11)9(12)16-6;1-7-5-3-2-4-6-7;1-3-2/h6,9H,2-5,11H2,1H3;2-6H,1H3;3H,1-2H3. The van der Waals surface area contributed by atoms with E-state index in [1.165, 1.54) is 10.5 Å². The Labute approximate surface area is 155 Å². The highest BCUT2D eigenvalue weighted by atomic mass is 16.5. The minimum Gasteiger partial charge on any atom is -0.342 e. The van der Waals surface area contributed by atoms with Gasteiger partial charge in [-0.1, -0.05) is 35.9 Å². The summed E-state index contributed by atoms with van der Waals surface area (Å²) >= 11 is 0. The van der Waals surface area contributed by atoms with Gasteiger partial charge in [-0.25, -0.2) is 0 Å². The van der Waals surface area contributed by atoms with E-state index in [0.717, 1.165) is 6.42 Å². The second kappa shape index (κ2) is 8.62. The molecule has 0 bridgehead atoms. The molecule has 3 aliphatic heterocycles. The molecule has 3 N–H and O–H groups in total. The predicted molar refractivity (Wildman–Crippen MR) is 100 cm³/mol. The number of nitrogens with one attached hydrogen (secondary N) is 1. The molecular weight excluding hydrogens is 332 g/mol. The number of nitrogens with two attached hydrogens (primary N) is 1. The number of benzene rings is 1. The van der Waals surface area contributed by atoms with Gasteiger partial charge in [-0.2, -0.15) is 0 Å². The van der Waals surface area contributed by atoms with Crippen molar-refractivity contribution in [3.05, 3.63) is 35.9 Å². The average molecular weight is 362 g/mol. The third-order valence-electron chi connectivity index (χ3n) is 4.68. The second-order valence-electron chi connectivity index (χ2n) is 6.89. The van der Waals surface area contributed by atoms with Crippen molar-refractivity contribution in [3.63, 3.8) is 0 Å². The van der Waals surface area contributed by atoms with Crippen molar-refractivity contribution in [1.82, 2.24) is 15.1 Å². The Hall–Kier alpha value is -1.96. The topological polar surface area (TPSA) is 87.9 Å². The van der Waals surface area contributed by atoms with Crippen LogP contribution in [0.15, 0.2) is 30.3 Å². The van der Waals surface area contributed by atoms with E-state index >= 15 is 0 Å². The zero-order valence-electron chi connectivity index (χ0n) is 16.1. The van der Waals surface area contributed by atoms with Crippen LogP contribution in [-0.2, 0) is 14.3 Å². The van der Waals surface area contributed by atoms with Crippen LogP contribution >= 0.6 is 0 Å². The molecule has 0 radical (unpaired) electrons. The molecule has 3 unspecified atom stereocenters. The number of aryl methyl sites for hydroxylation is 1. The molecule has 7 heteroatoms. The van der Waals surface area contributed by atoms with E-state index in [4.69, 9.17) is 10.5 Å². The van der Waals surface area contributed by atoms with E-state index in [2.05, 4.69) is 24.4 Å². The smallest absolute Gasteiger partial charge is 0.254 e. The fraction of sp³-hybridized carbons (Fsp3) is 0.579. The molecule has 0 saturated carbocycles. The van der Waals surface area contributed by atoms with Crippen molar-refractivity contribution in [2.24, 2.45) is 5.73 Å². The van der Waals surface area contributed by atoms with Crippen LogP contribution in [0.25, 0.3) is 0 Å².